The number of aromatic nitrogens is 1. The maximum atomic E-state index is 13.3. The molecule has 2 rings (SSSR count). The van der Waals surface area contributed by atoms with Gasteiger partial charge in [0.15, 0.2) is 11.6 Å². The molecule has 0 unspecified atom stereocenters. The molecule has 1 saturated heterocycles. The van der Waals surface area contributed by atoms with Crippen LogP contribution in [0.15, 0.2) is 12.1 Å². The highest BCUT2D eigenvalue weighted by atomic mass is 19.1. The third-order valence-electron chi connectivity index (χ3n) is 2.64. The first-order chi connectivity index (χ1) is 8.46. The average Bonchev–Trinajstić information content (AvgIpc) is 2.32. The lowest BCUT2D eigenvalue weighted by atomic mass is 10.1. The van der Waals surface area contributed by atoms with Gasteiger partial charge in [-0.25, -0.2) is 4.39 Å². The van der Waals surface area contributed by atoms with Crippen molar-refractivity contribution in [3.8, 4) is 0 Å². The van der Waals surface area contributed by atoms with Gasteiger partial charge in [-0.1, -0.05) is 0 Å². The second kappa shape index (κ2) is 5.16. The fraction of sp³-hybridized carbons (Fsp3) is 0.583. The molecule has 2 heterocycles. The zero-order valence-electron chi connectivity index (χ0n) is 10.4. The Balaban J connectivity index is 1.87. The summed E-state index contributed by atoms with van der Waals surface area (Å²) in [5, 5.41) is 2.72. The minimum Gasteiger partial charge on any atom is -0.371 e. The Morgan fingerprint density at radius 2 is 2.22 bits per heavy atom. The summed E-state index contributed by atoms with van der Waals surface area (Å²) in [4.78, 5) is 3.44. The van der Waals surface area contributed by atoms with E-state index < -0.39 is 11.8 Å². The Kier molecular flexibility index (Phi) is 3.77. The van der Waals surface area contributed by atoms with Crippen molar-refractivity contribution in [3.05, 3.63) is 23.9 Å². The molecule has 1 fully saturated rings. The number of rotatable bonds is 3. The predicted molar refractivity (Wildman–Crippen MR) is 62.4 cm³/mol. The average molecular weight is 258 g/mol. The molecule has 0 aromatic carbocycles. The van der Waals surface area contributed by atoms with Crippen molar-refractivity contribution in [3.63, 3.8) is 0 Å². The molecule has 0 saturated carbocycles. The van der Waals surface area contributed by atoms with Gasteiger partial charge < -0.3 is 14.8 Å². The van der Waals surface area contributed by atoms with Crippen LogP contribution in [-0.4, -0.2) is 36.4 Å². The number of anilines is 1. The SMILES string of the molecule is CC1(C)CO[C@H](CNc2nc(F)ccc2F)CO1. The van der Waals surface area contributed by atoms with E-state index in [0.717, 1.165) is 12.1 Å². The Morgan fingerprint density at radius 3 is 2.89 bits per heavy atom. The Labute approximate surface area is 104 Å². The first kappa shape index (κ1) is 13.2. The van der Waals surface area contributed by atoms with Crippen LogP contribution in [0.4, 0.5) is 14.6 Å². The van der Waals surface area contributed by atoms with Crippen molar-refractivity contribution in [1.82, 2.24) is 4.98 Å². The minimum absolute atomic E-state index is 0.108. The molecular weight excluding hydrogens is 242 g/mol. The molecule has 1 atom stereocenters. The topological polar surface area (TPSA) is 43.4 Å². The molecule has 1 aliphatic heterocycles. The summed E-state index contributed by atoms with van der Waals surface area (Å²) in [7, 11) is 0. The first-order valence-electron chi connectivity index (χ1n) is 5.78. The smallest absolute Gasteiger partial charge is 0.214 e. The Hall–Kier alpha value is -1.27. The van der Waals surface area contributed by atoms with Gasteiger partial charge in [0.05, 0.1) is 24.9 Å². The summed E-state index contributed by atoms with van der Waals surface area (Å²) >= 11 is 0. The summed E-state index contributed by atoms with van der Waals surface area (Å²) in [6.07, 6.45) is -0.192. The summed E-state index contributed by atoms with van der Waals surface area (Å²) in [5.41, 5.74) is -0.293. The maximum absolute atomic E-state index is 13.3. The molecule has 0 bridgehead atoms. The monoisotopic (exact) mass is 258 g/mol. The number of pyridine rings is 1. The quantitative estimate of drug-likeness (QED) is 0.842. The highest BCUT2D eigenvalue weighted by molar-refractivity contribution is 5.35. The Bertz CT molecular complexity index is 417. The van der Waals surface area contributed by atoms with Crippen molar-refractivity contribution in [1.29, 1.82) is 0 Å². The number of hydrogen-bond acceptors (Lipinski definition) is 4. The van der Waals surface area contributed by atoms with Crippen LogP contribution in [0.3, 0.4) is 0 Å². The molecule has 0 amide bonds. The van der Waals surface area contributed by atoms with E-state index in [-0.39, 0.29) is 17.5 Å². The van der Waals surface area contributed by atoms with E-state index in [0.29, 0.717) is 19.8 Å². The number of ether oxygens (including phenoxy) is 2. The van der Waals surface area contributed by atoms with Gasteiger partial charge in [-0.05, 0) is 26.0 Å². The fourth-order valence-electron chi connectivity index (χ4n) is 1.60. The van der Waals surface area contributed by atoms with Crippen LogP contribution in [0, 0.1) is 11.8 Å². The van der Waals surface area contributed by atoms with Crippen molar-refractivity contribution >= 4 is 5.82 Å². The highest BCUT2D eigenvalue weighted by Crippen LogP contribution is 2.18. The molecule has 1 aliphatic rings. The summed E-state index contributed by atoms with van der Waals surface area (Å²) in [6.45, 7) is 5.08. The van der Waals surface area contributed by atoms with Crippen LogP contribution < -0.4 is 5.32 Å². The molecule has 0 spiro atoms. The Morgan fingerprint density at radius 1 is 1.44 bits per heavy atom. The zero-order chi connectivity index (χ0) is 13.2. The molecule has 6 heteroatoms. The summed E-state index contributed by atoms with van der Waals surface area (Å²) in [6, 6.07) is 2.01. The van der Waals surface area contributed by atoms with Crippen molar-refractivity contribution in [2.24, 2.45) is 0 Å². The van der Waals surface area contributed by atoms with Crippen LogP contribution in [0.5, 0.6) is 0 Å². The van der Waals surface area contributed by atoms with Crippen molar-refractivity contribution in [2.45, 2.75) is 25.6 Å². The molecule has 100 valence electrons. The van der Waals surface area contributed by atoms with Gasteiger partial charge in [0.25, 0.3) is 0 Å². The lowest BCUT2D eigenvalue weighted by molar-refractivity contribution is -0.170. The van der Waals surface area contributed by atoms with Crippen LogP contribution in [0.1, 0.15) is 13.8 Å². The van der Waals surface area contributed by atoms with Gasteiger partial charge in [-0.3, -0.25) is 0 Å². The van der Waals surface area contributed by atoms with Gasteiger partial charge in [-0.15, -0.1) is 0 Å². The van der Waals surface area contributed by atoms with Crippen molar-refractivity contribution in [2.75, 3.05) is 25.1 Å². The minimum atomic E-state index is -0.721. The second-order valence-corrected chi connectivity index (χ2v) is 4.85. The number of hydrogen-bond donors (Lipinski definition) is 1. The number of halogens is 2. The molecule has 1 N–H and O–H groups in total. The van der Waals surface area contributed by atoms with E-state index in [1.165, 1.54) is 0 Å². The fourth-order valence-corrected chi connectivity index (χ4v) is 1.60. The standard InChI is InChI=1S/C12H16F2N2O2/c1-12(2)7-17-8(6-18-12)5-15-11-9(13)3-4-10(14)16-11/h3-4,8H,5-7H2,1-2H3,(H,15,16)/t8-/m1/s1. The summed E-state index contributed by atoms with van der Waals surface area (Å²) in [5.74, 6) is -1.42. The van der Waals surface area contributed by atoms with Gasteiger partial charge in [0.2, 0.25) is 5.95 Å². The van der Waals surface area contributed by atoms with E-state index in [1.807, 2.05) is 13.8 Å². The molecule has 4 nitrogen and oxygen atoms in total. The van der Waals surface area contributed by atoms with E-state index in [2.05, 4.69) is 10.3 Å². The predicted octanol–water partition coefficient (Wildman–Crippen LogP) is 1.97. The lowest BCUT2D eigenvalue weighted by Gasteiger charge is -2.35. The summed E-state index contributed by atoms with van der Waals surface area (Å²) < 4.78 is 37.2. The van der Waals surface area contributed by atoms with Gasteiger partial charge >= 0.3 is 0 Å². The van der Waals surface area contributed by atoms with Gasteiger partial charge in [-0.2, -0.15) is 9.37 Å². The molecular formula is C12H16F2N2O2. The molecule has 18 heavy (non-hydrogen) atoms. The van der Waals surface area contributed by atoms with E-state index in [9.17, 15) is 8.78 Å². The number of nitrogens with zero attached hydrogens (tertiary/aromatic N) is 1. The van der Waals surface area contributed by atoms with E-state index >= 15 is 0 Å². The molecule has 1 aromatic rings. The second-order valence-electron chi connectivity index (χ2n) is 4.85. The van der Waals surface area contributed by atoms with Crippen LogP contribution in [0.25, 0.3) is 0 Å². The van der Waals surface area contributed by atoms with Crippen molar-refractivity contribution < 1.29 is 18.3 Å². The maximum Gasteiger partial charge on any atom is 0.214 e. The highest BCUT2D eigenvalue weighted by Gasteiger charge is 2.28. The van der Waals surface area contributed by atoms with E-state index in [4.69, 9.17) is 9.47 Å². The zero-order valence-corrected chi connectivity index (χ0v) is 10.4. The van der Waals surface area contributed by atoms with E-state index in [1.54, 1.807) is 0 Å². The molecule has 0 radical (unpaired) electrons. The van der Waals surface area contributed by atoms with Crippen LogP contribution in [-0.2, 0) is 9.47 Å². The third-order valence-corrected chi connectivity index (χ3v) is 2.64. The largest absolute Gasteiger partial charge is 0.371 e. The van der Waals surface area contributed by atoms with Gasteiger partial charge in [0, 0.05) is 6.54 Å². The van der Waals surface area contributed by atoms with Crippen LogP contribution in [0.2, 0.25) is 0 Å². The van der Waals surface area contributed by atoms with Crippen LogP contribution >= 0.6 is 0 Å². The lowest BCUT2D eigenvalue weighted by Crippen LogP contribution is -2.44. The molecule has 0 aliphatic carbocycles. The number of nitrogens with one attached hydrogen (secondary N) is 1. The normalized spacial score (nSPS) is 22.8. The third kappa shape index (κ3) is 3.36. The molecule has 1 aromatic heterocycles. The van der Waals surface area contributed by atoms with Gasteiger partial charge in [0.1, 0.15) is 0 Å². The first-order valence-corrected chi connectivity index (χ1v) is 5.78.